The lowest BCUT2D eigenvalue weighted by molar-refractivity contribution is 0.198. The van der Waals surface area contributed by atoms with Crippen molar-refractivity contribution in [2.75, 3.05) is 19.6 Å². The minimum atomic E-state index is -3.99. The van der Waals surface area contributed by atoms with Gasteiger partial charge >= 0.3 is 7.60 Å². The van der Waals surface area contributed by atoms with Crippen molar-refractivity contribution in [1.29, 1.82) is 0 Å². The van der Waals surface area contributed by atoms with Gasteiger partial charge in [0.2, 0.25) is 0 Å². The summed E-state index contributed by atoms with van der Waals surface area (Å²) in [4.78, 5) is 20.5. The van der Waals surface area contributed by atoms with E-state index in [0.717, 1.165) is 25.6 Å². The molecule has 6 heteroatoms. The van der Waals surface area contributed by atoms with E-state index in [1.807, 2.05) is 24.3 Å². The Balaban J connectivity index is 1.91. The molecule has 0 saturated heterocycles. The maximum Gasteiger partial charge on any atom is 0.329 e. The molecule has 1 fully saturated rings. The van der Waals surface area contributed by atoms with E-state index in [2.05, 4.69) is 4.90 Å². The Kier molecular flexibility index (Phi) is 7.25. The smallest absolute Gasteiger partial charge is 0.329 e. The molecule has 0 unspecified atom stereocenters. The summed E-state index contributed by atoms with van der Waals surface area (Å²) in [5.41, 5.74) is 7.60. The average molecular weight is 340 g/mol. The molecule has 4 N–H and O–H groups in total. The van der Waals surface area contributed by atoms with Crippen LogP contribution < -0.4 is 5.73 Å². The summed E-state index contributed by atoms with van der Waals surface area (Å²) in [5.74, 6) is 0.782. The van der Waals surface area contributed by atoms with Crippen molar-refractivity contribution in [2.45, 2.75) is 44.8 Å². The Hall–Kier alpha value is -0.710. The molecule has 1 saturated carbocycles. The van der Waals surface area contributed by atoms with Crippen LogP contribution in [0.25, 0.3) is 0 Å². The largest absolute Gasteiger partial charge is 0.329 e. The monoisotopic (exact) mass is 340 g/mol. The molecule has 0 spiro atoms. The fourth-order valence-electron chi connectivity index (χ4n) is 3.40. The first-order valence-electron chi connectivity index (χ1n) is 8.51. The van der Waals surface area contributed by atoms with Crippen LogP contribution in [0, 0.1) is 5.92 Å². The SMILES string of the molecule is NCCN(Cc1ccc(CP(=O)(O)O)cc1)CC1CCCCC1. The highest BCUT2D eigenvalue weighted by Crippen LogP contribution is 2.38. The van der Waals surface area contributed by atoms with Crippen LogP contribution in [0.15, 0.2) is 24.3 Å². The van der Waals surface area contributed by atoms with Crippen molar-refractivity contribution in [3.8, 4) is 0 Å². The van der Waals surface area contributed by atoms with E-state index < -0.39 is 7.60 Å². The van der Waals surface area contributed by atoms with Crippen molar-refractivity contribution in [3.05, 3.63) is 35.4 Å². The molecule has 1 aliphatic carbocycles. The first kappa shape index (κ1) is 18.6. The number of benzene rings is 1. The van der Waals surface area contributed by atoms with Gasteiger partial charge in [0, 0.05) is 26.2 Å². The zero-order valence-corrected chi connectivity index (χ0v) is 14.6. The Labute approximate surface area is 139 Å². The lowest BCUT2D eigenvalue weighted by Gasteiger charge is -2.29. The molecule has 0 amide bonds. The summed E-state index contributed by atoms with van der Waals surface area (Å²) < 4.78 is 11.0. The van der Waals surface area contributed by atoms with Gasteiger partial charge in [0.25, 0.3) is 0 Å². The highest BCUT2D eigenvalue weighted by molar-refractivity contribution is 7.50. The number of hydrogen-bond donors (Lipinski definition) is 3. The first-order chi connectivity index (χ1) is 11.0. The minimum absolute atomic E-state index is 0.193. The number of nitrogens with zero attached hydrogens (tertiary/aromatic N) is 1. The maximum absolute atomic E-state index is 11.0. The Morgan fingerprint density at radius 3 is 2.26 bits per heavy atom. The second-order valence-corrected chi connectivity index (χ2v) is 8.31. The molecular weight excluding hydrogens is 311 g/mol. The molecule has 130 valence electrons. The van der Waals surface area contributed by atoms with Crippen molar-refractivity contribution in [3.63, 3.8) is 0 Å². The second-order valence-electron chi connectivity index (χ2n) is 6.67. The molecule has 0 radical (unpaired) electrons. The summed E-state index contributed by atoms with van der Waals surface area (Å²) in [6.45, 7) is 3.50. The van der Waals surface area contributed by atoms with Crippen LogP contribution in [0.4, 0.5) is 0 Å². The van der Waals surface area contributed by atoms with Gasteiger partial charge in [-0.15, -0.1) is 0 Å². The van der Waals surface area contributed by atoms with Crippen molar-refractivity contribution in [2.24, 2.45) is 11.7 Å². The van der Waals surface area contributed by atoms with Crippen molar-refractivity contribution < 1.29 is 14.4 Å². The summed E-state index contributed by atoms with van der Waals surface area (Å²) in [5, 5.41) is 0. The van der Waals surface area contributed by atoms with Gasteiger partial charge in [-0.05, 0) is 29.9 Å². The normalized spacial score (nSPS) is 16.9. The van der Waals surface area contributed by atoms with Crippen LogP contribution in [0.5, 0.6) is 0 Å². The van der Waals surface area contributed by atoms with E-state index >= 15 is 0 Å². The van der Waals surface area contributed by atoms with Crippen LogP contribution in [-0.2, 0) is 17.3 Å². The molecule has 0 bridgehead atoms. The molecule has 2 rings (SSSR count). The fourth-order valence-corrected chi connectivity index (χ4v) is 4.08. The van der Waals surface area contributed by atoms with Gasteiger partial charge in [-0.3, -0.25) is 9.46 Å². The van der Waals surface area contributed by atoms with E-state index in [0.29, 0.717) is 12.1 Å². The predicted molar refractivity (Wildman–Crippen MR) is 93.1 cm³/mol. The standard InChI is InChI=1S/C17H29N2O3P/c18-10-11-19(12-15-4-2-1-3-5-15)13-16-6-8-17(9-7-16)14-23(20,21)22/h6-9,15H,1-5,10-14,18H2,(H2,20,21,22). The Morgan fingerprint density at radius 1 is 1.09 bits per heavy atom. The van der Waals surface area contributed by atoms with Crippen molar-refractivity contribution in [1.82, 2.24) is 4.90 Å². The third kappa shape index (κ3) is 7.15. The second kappa shape index (κ2) is 8.95. The molecule has 0 aromatic heterocycles. The van der Waals surface area contributed by atoms with Crippen LogP contribution >= 0.6 is 7.60 Å². The highest BCUT2D eigenvalue weighted by atomic mass is 31.2. The van der Waals surface area contributed by atoms with Crippen LogP contribution in [0.1, 0.15) is 43.2 Å². The zero-order chi connectivity index (χ0) is 16.7. The third-order valence-electron chi connectivity index (χ3n) is 4.50. The molecule has 5 nitrogen and oxygen atoms in total. The predicted octanol–water partition coefficient (Wildman–Crippen LogP) is 2.71. The zero-order valence-electron chi connectivity index (χ0n) is 13.7. The first-order valence-corrected chi connectivity index (χ1v) is 10.3. The van der Waals surface area contributed by atoms with Gasteiger partial charge in [-0.2, -0.15) is 0 Å². The van der Waals surface area contributed by atoms with E-state index in [9.17, 15) is 4.57 Å². The quantitative estimate of drug-likeness (QED) is 0.634. The molecule has 1 aromatic rings. The number of nitrogens with two attached hydrogens (primary N) is 1. The number of rotatable bonds is 8. The molecule has 0 heterocycles. The lowest BCUT2D eigenvalue weighted by atomic mass is 9.89. The maximum atomic E-state index is 11.0. The molecule has 0 atom stereocenters. The van der Waals surface area contributed by atoms with E-state index in [1.54, 1.807) is 0 Å². The van der Waals surface area contributed by atoms with Gasteiger partial charge in [0.05, 0.1) is 6.16 Å². The topological polar surface area (TPSA) is 86.8 Å². The van der Waals surface area contributed by atoms with Gasteiger partial charge in [-0.1, -0.05) is 43.5 Å². The van der Waals surface area contributed by atoms with Crippen LogP contribution in [0.3, 0.4) is 0 Å². The minimum Gasteiger partial charge on any atom is -0.329 e. The van der Waals surface area contributed by atoms with Gasteiger partial charge in [0.15, 0.2) is 0 Å². The third-order valence-corrected chi connectivity index (χ3v) is 5.28. The highest BCUT2D eigenvalue weighted by Gasteiger charge is 2.17. The lowest BCUT2D eigenvalue weighted by Crippen LogP contribution is -2.34. The summed E-state index contributed by atoms with van der Waals surface area (Å²) in [6, 6.07) is 7.57. The fraction of sp³-hybridized carbons (Fsp3) is 0.647. The molecule has 23 heavy (non-hydrogen) atoms. The number of hydrogen-bond acceptors (Lipinski definition) is 3. The Morgan fingerprint density at radius 2 is 1.70 bits per heavy atom. The Bertz CT molecular complexity index is 509. The summed E-state index contributed by atoms with van der Waals surface area (Å²) in [6.07, 6.45) is 6.51. The van der Waals surface area contributed by atoms with Gasteiger partial charge in [0.1, 0.15) is 0 Å². The van der Waals surface area contributed by atoms with Gasteiger partial charge in [-0.25, -0.2) is 0 Å². The van der Waals surface area contributed by atoms with E-state index in [4.69, 9.17) is 15.5 Å². The van der Waals surface area contributed by atoms with Crippen LogP contribution in [-0.4, -0.2) is 34.3 Å². The summed E-state index contributed by atoms with van der Waals surface area (Å²) in [7, 11) is -3.99. The van der Waals surface area contributed by atoms with E-state index in [-0.39, 0.29) is 6.16 Å². The average Bonchev–Trinajstić information content (AvgIpc) is 2.49. The van der Waals surface area contributed by atoms with Gasteiger partial charge < -0.3 is 15.5 Å². The van der Waals surface area contributed by atoms with E-state index in [1.165, 1.54) is 37.7 Å². The van der Waals surface area contributed by atoms with Crippen molar-refractivity contribution >= 4 is 7.60 Å². The molecular formula is C17H29N2O3P. The molecule has 1 aromatic carbocycles. The molecule has 1 aliphatic rings. The molecule has 0 aliphatic heterocycles. The van der Waals surface area contributed by atoms with Crippen LogP contribution in [0.2, 0.25) is 0 Å². The summed E-state index contributed by atoms with van der Waals surface area (Å²) >= 11 is 0.